The smallest absolute Gasteiger partial charge is 0.120 e. The zero-order chi connectivity index (χ0) is 10.8. The molecule has 1 aliphatic rings. The molecule has 0 saturated heterocycles. The summed E-state index contributed by atoms with van der Waals surface area (Å²) >= 11 is 8.35. The van der Waals surface area contributed by atoms with Crippen molar-refractivity contribution in [3.05, 3.63) is 28.2 Å². The molecule has 0 amide bonds. The lowest BCUT2D eigenvalue weighted by molar-refractivity contribution is 0.120. The van der Waals surface area contributed by atoms with Crippen LogP contribution in [0.4, 0.5) is 0 Å². The summed E-state index contributed by atoms with van der Waals surface area (Å²) in [7, 11) is 0. The van der Waals surface area contributed by atoms with Gasteiger partial charge < -0.3 is 10.5 Å². The SMILES string of the molecule is NC(=S)c1ccc(OC2CCC2)cc1Br. The minimum Gasteiger partial charge on any atom is -0.490 e. The third-order valence-electron chi connectivity index (χ3n) is 2.56. The third-order valence-corrected chi connectivity index (χ3v) is 3.44. The number of ether oxygens (including phenoxy) is 1. The van der Waals surface area contributed by atoms with Crippen LogP contribution in [0.1, 0.15) is 24.8 Å². The minimum absolute atomic E-state index is 0.396. The van der Waals surface area contributed by atoms with Crippen LogP contribution >= 0.6 is 28.1 Å². The summed E-state index contributed by atoms with van der Waals surface area (Å²) in [5, 5.41) is 0. The number of nitrogens with two attached hydrogens (primary N) is 1. The molecule has 1 aromatic rings. The van der Waals surface area contributed by atoms with Crippen LogP contribution in [0.5, 0.6) is 5.75 Å². The summed E-state index contributed by atoms with van der Waals surface area (Å²) in [6, 6.07) is 5.73. The molecule has 0 bridgehead atoms. The average Bonchev–Trinajstić information content (AvgIpc) is 2.11. The van der Waals surface area contributed by atoms with Gasteiger partial charge in [0.2, 0.25) is 0 Å². The first-order valence-corrected chi connectivity index (χ1v) is 6.13. The molecule has 2 rings (SSSR count). The predicted molar refractivity (Wildman–Crippen MR) is 68.3 cm³/mol. The molecule has 80 valence electrons. The van der Waals surface area contributed by atoms with Crippen LogP contribution in [0.2, 0.25) is 0 Å². The van der Waals surface area contributed by atoms with Crippen molar-refractivity contribution in [2.45, 2.75) is 25.4 Å². The highest BCUT2D eigenvalue weighted by atomic mass is 79.9. The Morgan fingerprint density at radius 1 is 1.47 bits per heavy atom. The molecule has 1 aromatic carbocycles. The molecule has 0 radical (unpaired) electrons. The summed E-state index contributed by atoms with van der Waals surface area (Å²) in [6.07, 6.45) is 3.99. The molecule has 0 unspecified atom stereocenters. The summed E-state index contributed by atoms with van der Waals surface area (Å²) in [4.78, 5) is 0.400. The van der Waals surface area contributed by atoms with E-state index in [-0.39, 0.29) is 0 Å². The molecular formula is C11H12BrNOS. The molecule has 0 aliphatic heterocycles. The van der Waals surface area contributed by atoms with Gasteiger partial charge in [-0.15, -0.1) is 0 Å². The van der Waals surface area contributed by atoms with Crippen LogP contribution in [-0.4, -0.2) is 11.1 Å². The largest absolute Gasteiger partial charge is 0.490 e. The molecule has 0 atom stereocenters. The number of rotatable bonds is 3. The Kier molecular flexibility index (Phi) is 3.26. The van der Waals surface area contributed by atoms with Crippen LogP contribution in [0.3, 0.4) is 0 Å². The van der Waals surface area contributed by atoms with Crippen molar-refractivity contribution in [1.29, 1.82) is 0 Å². The van der Waals surface area contributed by atoms with Gasteiger partial charge in [0.15, 0.2) is 0 Å². The van der Waals surface area contributed by atoms with E-state index in [1.165, 1.54) is 6.42 Å². The first-order chi connectivity index (χ1) is 7.16. The van der Waals surface area contributed by atoms with E-state index in [1.54, 1.807) is 0 Å². The fraction of sp³-hybridized carbons (Fsp3) is 0.364. The molecule has 2 nitrogen and oxygen atoms in total. The lowest BCUT2D eigenvalue weighted by Crippen LogP contribution is -2.24. The monoisotopic (exact) mass is 285 g/mol. The van der Waals surface area contributed by atoms with E-state index in [2.05, 4.69) is 15.9 Å². The number of hydrogen-bond acceptors (Lipinski definition) is 2. The van der Waals surface area contributed by atoms with Crippen LogP contribution in [0.25, 0.3) is 0 Å². The van der Waals surface area contributed by atoms with Crippen LogP contribution < -0.4 is 10.5 Å². The van der Waals surface area contributed by atoms with Gasteiger partial charge in [-0.2, -0.15) is 0 Å². The summed E-state index contributed by atoms with van der Waals surface area (Å²) in [5.41, 5.74) is 6.42. The number of benzene rings is 1. The number of thiocarbonyl (C=S) groups is 1. The summed E-state index contributed by atoms with van der Waals surface area (Å²) < 4.78 is 6.65. The van der Waals surface area contributed by atoms with Gasteiger partial charge in [0, 0.05) is 10.0 Å². The van der Waals surface area contributed by atoms with E-state index in [9.17, 15) is 0 Å². The molecule has 4 heteroatoms. The van der Waals surface area contributed by atoms with E-state index >= 15 is 0 Å². The quantitative estimate of drug-likeness (QED) is 0.867. The molecule has 0 spiro atoms. The van der Waals surface area contributed by atoms with Gasteiger partial charge in [0.1, 0.15) is 10.7 Å². The van der Waals surface area contributed by atoms with Gasteiger partial charge in [0.05, 0.1) is 6.10 Å². The average molecular weight is 286 g/mol. The Hall–Kier alpha value is -0.610. The highest BCUT2D eigenvalue weighted by Crippen LogP contribution is 2.28. The van der Waals surface area contributed by atoms with Crippen molar-refractivity contribution >= 4 is 33.1 Å². The standard InChI is InChI=1S/C11H12BrNOS/c12-10-6-8(14-7-2-1-3-7)4-5-9(10)11(13)15/h4-7H,1-3H2,(H2,13,15). The molecule has 15 heavy (non-hydrogen) atoms. The Labute approximate surface area is 103 Å². The molecule has 1 aliphatic carbocycles. The number of halogens is 1. The fourth-order valence-electron chi connectivity index (χ4n) is 1.45. The van der Waals surface area contributed by atoms with Crippen molar-refractivity contribution in [3.8, 4) is 5.75 Å². The molecule has 0 aromatic heterocycles. The van der Waals surface area contributed by atoms with Gasteiger partial charge in [-0.25, -0.2) is 0 Å². The van der Waals surface area contributed by atoms with E-state index in [0.29, 0.717) is 11.1 Å². The van der Waals surface area contributed by atoms with E-state index in [0.717, 1.165) is 28.6 Å². The second-order valence-corrected chi connectivity index (χ2v) is 4.97. The normalized spacial score (nSPS) is 15.8. The second-order valence-electron chi connectivity index (χ2n) is 3.68. The minimum atomic E-state index is 0.396. The molecule has 2 N–H and O–H groups in total. The Morgan fingerprint density at radius 3 is 2.67 bits per heavy atom. The third kappa shape index (κ3) is 2.49. The topological polar surface area (TPSA) is 35.2 Å². The maximum atomic E-state index is 5.75. The Bertz CT molecular complexity index is 390. The highest BCUT2D eigenvalue weighted by molar-refractivity contribution is 9.10. The predicted octanol–water partition coefficient (Wildman–Crippen LogP) is 3.01. The van der Waals surface area contributed by atoms with E-state index in [4.69, 9.17) is 22.7 Å². The Balaban J connectivity index is 2.13. The summed E-state index contributed by atoms with van der Waals surface area (Å²) in [6.45, 7) is 0. The maximum absolute atomic E-state index is 5.75. The van der Waals surface area contributed by atoms with Crippen LogP contribution in [-0.2, 0) is 0 Å². The van der Waals surface area contributed by atoms with Crippen molar-refractivity contribution in [3.63, 3.8) is 0 Å². The fourth-order valence-corrected chi connectivity index (χ4v) is 2.33. The van der Waals surface area contributed by atoms with Gasteiger partial charge >= 0.3 is 0 Å². The number of hydrogen-bond donors (Lipinski definition) is 1. The Morgan fingerprint density at radius 2 is 2.20 bits per heavy atom. The van der Waals surface area contributed by atoms with Crippen LogP contribution in [0.15, 0.2) is 22.7 Å². The maximum Gasteiger partial charge on any atom is 0.120 e. The lowest BCUT2D eigenvalue weighted by Gasteiger charge is -2.26. The van der Waals surface area contributed by atoms with Crippen molar-refractivity contribution < 1.29 is 4.74 Å². The van der Waals surface area contributed by atoms with Crippen molar-refractivity contribution in [2.24, 2.45) is 5.73 Å². The molecule has 0 heterocycles. The van der Waals surface area contributed by atoms with Crippen molar-refractivity contribution in [1.82, 2.24) is 0 Å². The van der Waals surface area contributed by atoms with Gasteiger partial charge in [-0.3, -0.25) is 0 Å². The molecular weight excluding hydrogens is 274 g/mol. The van der Waals surface area contributed by atoms with Gasteiger partial charge in [0.25, 0.3) is 0 Å². The van der Waals surface area contributed by atoms with Crippen molar-refractivity contribution in [2.75, 3.05) is 0 Å². The zero-order valence-corrected chi connectivity index (χ0v) is 10.6. The van der Waals surface area contributed by atoms with E-state index in [1.807, 2.05) is 18.2 Å². The second kappa shape index (κ2) is 4.49. The van der Waals surface area contributed by atoms with E-state index < -0.39 is 0 Å². The molecule has 1 fully saturated rings. The zero-order valence-electron chi connectivity index (χ0n) is 8.20. The van der Waals surface area contributed by atoms with Gasteiger partial charge in [-0.1, -0.05) is 12.2 Å². The lowest BCUT2D eigenvalue weighted by atomic mass is 9.96. The highest BCUT2D eigenvalue weighted by Gasteiger charge is 2.19. The van der Waals surface area contributed by atoms with Gasteiger partial charge in [-0.05, 0) is 53.4 Å². The first-order valence-electron chi connectivity index (χ1n) is 4.93. The van der Waals surface area contributed by atoms with Crippen LogP contribution in [0, 0.1) is 0 Å². The summed E-state index contributed by atoms with van der Waals surface area (Å²) in [5.74, 6) is 0.881. The first kappa shape index (κ1) is 10.9. The molecule has 1 saturated carbocycles.